The summed E-state index contributed by atoms with van der Waals surface area (Å²) in [6.45, 7) is 2.69. The van der Waals surface area contributed by atoms with E-state index in [1.54, 1.807) is 17.0 Å². The summed E-state index contributed by atoms with van der Waals surface area (Å²) < 4.78 is 14.6. The van der Waals surface area contributed by atoms with Crippen molar-refractivity contribution < 1.29 is 9.18 Å². The van der Waals surface area contributed by atoms with Crippen molar-refractivity contribution in [1.82, 2.24) is 0 Å². The monoisotopic (exact) mass is 325 g/mol. The molecule has 2 nitrogen and oxygen atoms in total. The number of amides is 1. The van der Waals surface area contributed by atoms with Gasteiger partial charge in [0.15, 0.2) is 0 Å². The fourth-order valence-electron chi connectivity index (χ4n) is 3.28. The molecule has 1 aliphatic heterocycles. The average Bonchev–Trinajstić information content (AvgIpc) is 2.91. The Morgan fingerprint density at radius 1 is 1.22 bits per heavy atom. The van der Waals surface area contributed by atoms with Gasteiger partial charge in [0.1, 0.15) is 5.82 Å². The second-order valence-electron chi connectivity index (χ2n) is 5.89. The van der Waals surface area contributed by atoms with Crippen LogP contribution < -0.4 is 4.90 Å². The summed E-state index contributed by atoms with van der Waals surface area (Å²) >= 11 is 1.54. The highest BCUT2D eigenvalue weighted by atomic mass is 32.1. The molecule has 0 aliphatic carbocycles. The van der Waals surface area contributed by atoms with Crippen LogP contribution in [0.15, 0.2) is 42.5 Å². The number of hydrogen-bond donors (Lipinski definition) is 0. The quantitative estimate of drug-likeness (QED) is 0.620. The fraction of sp³-hybridized carbons (Fsp3) is 0.211. The number of aryl methyl sites for hydroxylation is 2. The molecule has 0 atom stereocenters. The Bertz CT molecular complexity index is 915. The van der Waals surface area contributed by atoms with Gasteiger partial charge in [0.25, 0.3) is 5.91 Å². The van der Waals surface area contributed by atoms with E-state index in [4.69, 9.17) is 0 Å². The first kappa shape index (κ1) is 14.4. The summed E-state index contributed by atoms with van der Waals surface area (Å²) in [7, 11) is 0. The number of carbonyl (C=O) groups is 1. The van der Waals surface area contributed by atoms with Gasteiger partial charge in [0.2, 0.25) is 0 Å². The minimum absolute atomic E-state index is 0.0243. The molecule has 2 heterocycles. The molecule has 2 aromatic carbocycles. The van der Waals surface area contributed by atoms with Crippen LogP contribution in [-0.2, 0) is 6.42 Å². The van der Waals surface area contributed by atoms with Gasteiger partial charge in [-0.2, -0.15) is 0 Å². The summed E-state index contributed by atoms with van der Waals surface area (Å²) in [6.07, 6.45) is 1.69. The summed E-state index contributed by atoms with van der Waals surface area (Å²) in [5, 5.41) is 1.14. The van der Waals surface area contributed by atoms with E-state index in [1.807, 2.05) is 25.1 Å². The van der Waals surface area contributed by atoms with Crippen LogP contribution in [0.2, 0.25) is 0 Å². The van der Waals surface area contributed by atoms with Gasteiger partial charge < -0.3 is 4.90 Å². The first-order chi connectivity index (χ1) is 11.1. The molecular formula is C19H16FNOS. The average molecular weight is 325 g/mol. The largest absolute Gasteiger partial charge is 0.307 e. The van der Waals surface area contributed by atoms with Gasteiger partial charge in [-0.1, -0.05) is 18.2 Å². The van der Waals surface area contributed by atoms with Crippen LogP contribution in [0.25, 0.3) is 10.1 Å². The van der Waals surface area contributed by atoms with E-state index in [-0.39, 0.29) is 11.7 Å². The van der Waals surface area contributed by atoms with E-state index in [0.29, 0.717) is 6.54 Å². The van der Waals surface area contributed by atoms with E-state index in [9.17, 15) is 9.18 Å². The zero-order valence-corrected chi connectivity index (χ0v) is 13.6. The second-order valence-corrected chi connectivity index (χ2v) is 6.94. The van der Waals surface area contributed by atoms with Gasteiger partial charge in [0.05, 0.1) is 4.88 Å². The molecule has 1 aliphatic rings. The normalized spacial score (nSPS) is 14.1. The van der Waals surface area contributed by atoms with Crippen LogP contribution >= 0.6 is 11.3 Å². The maximum Gasteiger partial charge on any atom is 0.268 e. The van der Waals surface area contributed by atoms with Crippen LogP contribution in [0, 0.1) is 12.7 Å². The minimum atomic E-state index is -0.240. The number of fused-ring (bicyclic) bond motifs is 2. The highest BCUT2D eigenvalue weighted by Crippen LogP contribution is 2.35. The molecule has 0 bridgehead atoms. The first-order valence-electron chi connectivity index (χ1n) is 7.73. The topological polar surface area (TPSA) is 20.3 Å². The van der Waals surface area contributed by atoms with Crippen molar-refractivity contribution in [3.8, 4) is 0 Å². The molecule has 1 amide bonds. The lowest BCUT2D eigenvalue weighted by Gasteiger charge is -2.29. The number of thiophene rings is 1. The van der Waals surface area contributed by atoms with Gasteiger partial charge in [-0.15, -0.1) is 11.3 Å². The summed E-state index contributed by atoms with van der Waals surface area (Å²) in [5.41, 5.74) is 2.80. The Kier molecular flexibility index (Phi) is 3.42. The molecule has 23 heavy (non-hydrogen) atoms. The number of rotatable bonds is 1. The lowest BCUT2D eigenvalue weighted by atomic mass is 10.0. The van der Waals surface area contributed by atoms with Gasteiger partial charge in [0, 0.05) is 16.9 Å². The Labute approximate surface area is 138 Å². The van der Waals surface area contributed by atoms with Crippen molar-refractivity contribution in [2.45, 2.75) is 19.8 Å². The number of nitrogens with zero attached hydrogens (tertiary/aromatic N) is 1. The number of anilines is 1. The van der Waals surface area contributed by atoms with Crippen molar-refractivity contribution in [2.75, 3.05) is 11.4 Å². The standard InChI is InChI=1S/C19H16FNOS/c1-12-15-6-2-3-7-17(15)23-18(12)19(22)21-10-4-5-13-11-14(20)8-9-16(13)21/h2-3,6-9,11H,4-5,10H2,1H3. The molecule has 0 radical (unpaired) electrons. The van der Waals surface area contributed by atoms with Crippen LogP contribution in [0.4, 0.5) is 10.1 Å². The van der Waals surface area contributed by atoms with Gasteiger partial charge in [-0.05, 0) is 60.5 Å². The number of halogens is 1. The molecular weight excluding hydrogens is 309 g/mol. The predicted octanol–water partition coefficient (Wildman–Crippen LogP) is 4.94. The Balaban J connectivity index is 1.79. The van der Waals surface area contributed by atoms with Crippen molar-refractivity contribution >= 4 is 33.0 Å². The van der Waals surface area contributed by atoms with Crippen molar-refractivity contribution in [1.29, 1.82) is 0 Å². The minimum Gasteiger partial charge on any atom is -0.307 e. The number of hydrogen-bond acceptors (Lipinski definition) is 2. The third kappa shape index (κ3) is 2.34. The lowest BCUT2D eigenvalue weighted by molar-refractivity contribution is 0.0988. The smallest absolute Gasteiger partial charge is 0.268 e. The third-order valence-electron chi connectivity index (χ3n) is 4.44. The van der Waals surface area contributed by atoms with Crippen LogP contribution in [0.5, 0.6) is 0 Å². The maximum absolute atomic E-state index is 13.4. The molecule has 3 aromatic rings. The molecule has 0 saturated heterocycles. The van der Waals surface area contributed by atoms with E-state index >= 15 is 0 Å². The molecule has 116 valence electrons. The highest BCUT2D eigenvalue weighted by molar-refractivity contribution is 7.21. The van der Waals surface area contributed by atoms with E-state index in [2.05, 4.69) is 6.07 Å². The van der Waals surface area contributed by atoms with E-state index in [0.717, 1.165) is 44.6 Å². The molecule has 4 rings (SSSR count). The zero-order chi connectivity index (χ0) is 16.0. The predicted molar refractivity (Wildman–Crippen MR) is 93.0 cm³/mol. The van der Waals surface area contributed by atoms with Crippen LogP contribution in [0.3, 0.4) is 0 Å². The highest BCUT2D eigenvalue weighted by Gasteiger charge is 2.26. The van der Waals surface area contributed by atoms with Crippen molar-refractivity contribution in [3.63, 3.8) is 0 Å². The zero-order valence-electron chi connectivity index (χ0n) is 12.8. The van der Waals surface area contributed by atoms with Gasteiger partial charge in [-0.25, -0.2) is 4.39 Å². The fourth-order valence-corrected chi connectivity index (χ4v) is 4.44. The Hall–Kier alpha value is -2.20. The Morgan fingerprint density at radius 3 is 2.87 bits per heavy atom. The number of benzene rings is 2. The summed E-state index contributed by atoms with van der Waals surface area (Å²) in [5.74, 6) is -0.215. The number of carbonyl (C=O) groups excluding carboxylic acids is 1. The molecule has 0 unspecified atom stereocenters. The second kappa shape index (κ2) is 5.46. The first-order valence-corrected chi connectivity index (χ1v) is 8.55. The summed E-state index contributed by atoms with van der Waals surface area (Å²) in [4.78, 5) is 15.7. The molecule has 0 saturated carbocycles. The van der Waals surface area contributed by atoms with Crippen LogP contribution in [-0.4, -0.2) is 12.5 Å². The van der Waals surface area contributed by atoms with Gasteiger partial charge in [-0.3, -0.25) is 4.79 Å². The molecule has 0 spiro atoms. The SMILES string of the molecule is Cc1c(C(=O)N2CCCc3cc(F)ccc32)sc2ccccc12. The van der Waals surface area contributed by atoms with Gasteiger partial charge >= 0.3 is 0 Å². The van der Waals surface area contributed by atoms with Crippen LogP contribution in [0.1, 0.15) is 27.2 Å². The molecule has 0 fully saturated rings. The molecule has 4 heteroatoms. The third-order valence-corrected chi connectivity index (χ3v) is 5.70. The molecule has 1 aromatic heterocycles. The van der Waals surface area contributed by atoms with E-state index < -0.39 is 0 Å². The summed E-state index contributed by atoms with van der Waals surface area (Å²) in [6, 6.07) is 12.8. The van der Waals surface area contributed by atoms with Crippen molar-refractivity contribution in [2.24, 2.45) is 0 Å². The van der Waals surface area contributed by atoms with E-state index in [1.165, 1.54) is 17.4 Å². The Morgan fingerprint density at radius 2 is 2.04 bits per heavy atom. The lowest BCUT2D eigenvalue weighted by Crippen LogP contribution is -2.35. The molecule has 0 N–H and O–H groups in total. The maximum atomic E-state index is 13.4. The van der Waals surface area contributed by atoms with Crippen molar-refractivity contribution in [3.05, 3.63) is 64.3 Å².